The number of aliphatic imine (C=N–C) groups is 1. The highest BCUT2D eigenvalue weighted by Crippen LogP contribution is 2.40. The molecule has 2 aromatic carbocycles. The van der Waals surface area contributed by atoms with Crippen molar-refractivity contribution in [1.82, 2.24) is 10.0 Å². The van der Waals surface area contributed by atoms with E-state index in [0.717, 1.165) is 57.3 Å². The first-order valence-corrected chi connectivity index (χ1v) is 13.6. The third-order valence-electron chi connectivity index (χ3n) is 7.61. The van der Waals surface area contributed by atoms with Gasteiger partial charge >= 0.3 is 0 Å². The summed E-state index contributed by atoms with van der Waals surface area (Å²) in [6.45, 7) is 1.46. The molecule has 5 rings (SSSR count). The van der Waals surface area contributed by atoms with Gasteiger partial charge in [0.25, 0.3) is 0 Å². The third kappa shape index (κ3) is 5.58. The van der Waals surface area contributed by atoms with Gasteiger partial charge in [0.05, 0.1) is 16.8 Å². The number of benzene rings is 2. The van der Waals surface area contributed by atoms with Gasteiger partial charge in [0.1, 0.15) is 5.75 Å². The van der Waals surface area contributed by atoms with Crippen LogP contribution < -0.4 is 10.0 Å². The number of rotatable bonds is 6. The van der Waals surface area contributed by atoms with Crippen LogP contribution in [0.5, 0.6) is 5.75 Å². The van der Waals surface area contributed by atoms with Crippen LogP contribution in [0.4, 0.5) is 0 Å². The van der Waals surface area contributed by atoms with Gasteiger partial charge in [-0.05, 0) is 85.8 Å². The minimum atomic E-state index is -3.42. The van der Waals surface area contributed by atoms with Gasteiger partial charge in [-0.15, -0.1) is 12.4 Å². The molecular formula is C26H34ClN3O3S. The predicted octanol–water partition coefficient (Wildman–Crippen LogP) is 4.39. The number of aryl methyl sites for hydroxylation is 1. The molecule has 2 aliphatic carbocycles. The number of hydrogen-bond donors (Lipinski definition) is 3. The van der Waals surface area contributed by atoms with Gasteiger partial charge in [-0.3, -0.25) is 4.99 Å². The van der Waals surface area contributed by atoms with E-state index in [4.69, 9.17) is 4.99 Å². The fourth-order valence-corrected chi connectivity index (χ4v) is 6.81. The van der Waals surface area contributed by atoms with Gasteiger partial charge in [0, 0.05) is 25.4 Å². The molecule has 34 heavy (non-hydrogen) atoms. The lowest BCUT2D eigenvalue weighted by molar-refractivity contribution is 0.275. The molecule has 0 saturated heterocycles. The number of phenolic OH excluding ortho intramolecular Hbond substituents is 1. The van der Waals surface area contributed by atoms with E-state index in [2.05, 4.69) is 16.1 Å². The van der Waals surface area contributed by atoms with Gasteiger partial charge in [0.15, 0.2) is 0 Å². The molecule has 2 atom stereocenters. The number of fused-ring (bicyclic) bond motifs is 3. The zero-order valence-corrected chi connectivity index (χ0v) is 21.0. The lowest BCUT2D eigenvalue weighted by Gasteiger charge is -2.29. The van der Waals surface area contributed by atoms with Crippen LogP contribution in [0, 0.1) is 11.8 Å². The molecule has 6 nitrogen and oxygen atoms in total. The Bertz CT molecular complexity index is 1120. The first-order valence-electron chi connectivity index (χ1n) is 12.1. The highest BCUT2D eigenvalue weighted by molar-refractivity contribution is 7.89. The van der Waals surface area contributed by atoms with Gasteiger partial charge in [-0.2, -0.15) is 0 Å². The Balaban J connectivity index is 0.00000274. The summed E-state index contributed by atoms with van der Waals surface area (Å²) < 4.78 is 27.7. The Hall–Kier alpha value is -2.09. The number of phenols is 1. The van der Waals surface area contributed by atoms with E-state index < -0.39 is 10.0 Å². The van der Waals surface area contributed by atoms with Crippen molar-refractivity contribution in [2.45, 2.75) is 61.8 Å². The molecule has 1 saturated carbocycles. The second-order valence-corrected chi connectivity index (χ2v) is 11.6. The number of nitrogens with one attached hydrogen (secondary N) is 2. The van der Waals surface area contributed by atoms with Crippen molar-refractivity contribution in [3.63, 3.8) is 0 Å². The Labute approximate surface area is 208 Å². The van der Waals surface area contributed by atoms with Crippen LogP contribution in [-0.2, 0) is 16.4 Å². The summed E-state index contributed by atoms with van der Waals surface area (Å²) in [5.41, 5.74) is 2.62. The summed E-state index contributed by atoms with van der Waals surface area (Å²) in [4.78, 5) is 5.32. The van der Waals surface area contributed by atoms with Crippen LogP contribution in [0.25, 0.3) is 0 Å². The topological polar surface area (TPSA) is 90.8 Å². The maximum atomic E-state index is 12.4. The third-order valence-corrected chi connectivity index (χ3v) is 9.05. The van der Waals surface area contributed by atoms with Crippen molar-refractivity contribution in [1.29, 1.82) is 0 Å². The molecule has 0 aromatic heterocycles. The summed E-state index contributed by atoms with van der Waals surface area (Å²) in [6, 6.07) is 14.7. The van der Waals surface area contributed by atoms with E-state index in [-0.39, 0.29) is 12.4 Å². The second kappa shape index (κ2) is 10.7. The fraction of sp³-hybridized carbons (Fsp3) is 0.500. The van der Waals surface area contributed by atoms with Crippen LogP contribution in [0.15, 0.2) is 58.4 Å². The first-order chi connectivity index (χ1) is 16.0. The number of nitrogens with zero attached hydrogens (tertiary/aromatic N) is 1. The number of amidine groups is 1. The van der Waals surface area contributed by atoms with Gasteiger partial charge in [-0.25, -0.2) is 13.1 Å². The van der Waals surface area contributed by atoms with Gasteiger partial charge in [0.2, 0.25) is 10.0 Å². The molecule has 0 unspecified atom stereocenters. The maximum absolute atomic E-state index is 12.4. The van der Waals surface area contributed by atoms with Crippen LogP contribution in [-0.4, -0.2) is 38.5 Å². The Kier molecular flexibility index (Phi) is 7.85. The highest BCUT2D eigenvalue weighted by Gasteiger charge is 2.35. The van der Waals surface area contributed by atoms with Crippen molar-refractivity contribution in [2.75, 3.05) is 13.1 Å². The number of halogens is 1. The minimum absolute atomic E-state index is 0. The summed E-state index contributed by atoms with van der Waals surface area (Å²) in [5.74, 6) is 2.93. The van der Waals surface area contributed by atoms with Crippen LogP contribution >= 0.6 is 12.4 Å². The molecule has 1 heterocycles. The smallest absolute Gasteiger partial charge is 0.240 e. The summed E-state index contributed by atoms with van der Waals surface area (Å²) in [6.07, 6.45) is 7.34. The van der Waals surface area contributed by atoms with Crippen LogP contribution in [0.2, 0.25) is 0 Å². The summed E-state index contributed by atoms with van der Waals surface area (Å²) in [7, 11) is -3.42. The van der Waals surface area contributed by atoms with E-state index in [1.807, 2.05) is 12.1 Å². The maximum Gasteiger partial charge on any atom is 0.240 e. The van der Waals surface area contributed by atoms with Crippen molar-refractivity contribution in [2.24, 2.45) is 16.8 Å². The molecule has 0 radical (unpaired) electrons. The molecule has 3 N–H and O–H groups in total. The SMILES string of the molecule is Cl.O=S(=O)(NC[C@H]1CC[C@H](CNC2=N[C@@H]3CCc4cc(O)ccc4[C@@H]3C2)CC1)c1ccccc1. The average molecular weight is 504 g/mol. The van der Waals surface area contributed by atoms with Gasteiger partial charge in [-0.1, -0.05) is 24.3 Å². The van der Waals surface area contributed by atoms with E-state index in [1.165, 1.54) is 11.1 Å². The Morgan fingerprint density at radius 1 is 0.941 bits per heavy atom. The van der Waals surface area contributed by atoms with E-state index in [0.29, 0.717) is 41.0 Å². The fourth-order valence-electron chi connectivity index (χ4n) is 5.67. The lowest BCUT2D eigenvalue weighted by atomic mass is 9.79. The number of hydrogen-bond acceptors (Lipinski definition) is 5. The number of aromatic hydroxyl groups is 1. The van der Waals surface area contributed by atoms with Crippen molar-refractivity contribution in [3.05, 3.63) is 59.7 Å². The second-order valence-electron chi connectivity index (χ2n) is 9.81. The van der Waals surface area contributed by atoms with Crippen LogP contribution in [0.1, 0.15) is 55.6 Å². The van der Waals surface area contributed by atoms with E-state index in [9.17, 15) is 13.5 Å². The molecule has 0 amide bonds. The van der Waals surface area contributed by atoms with E-state index in [1.54, 1.807) is 30.3 Å². The van der Waals surface area contributed by atoms with Gasteiger partial charge < -0.3 is 10.4 Å². The quantitative estimate of drug-likeness (QED) is 0.545. The van der Waals surface area contributed by atoms with Crippen molar-refractivity contribution >= 4 is 28.3 Å². The first kappa shape index (κ1) is 25.0. The Morgan fingerprint density at radius 3 is 2.38 bits per heavy atom. The largest absolute Gasteiger partial charge is 0.508 e. The molecule has 1 fully saturated rings. The molecule has 2 aromatic rings. The van der Waals surface area contributed by atoms with Crippen molar-refractivity contribution < 1.29 is 13.5 Å². The monoisotopic (exact) mass is 503 g/mol. The Morgan fingerprint density at radius 2 is 1.65 bits per heavy atom. The molecule has 184 valence electrons. The van der Waals surface area contributed by atoms with E-state index >= 15 is 0 Å². The standard InChI is InChI=1S/C26H33N3O3S.ClH/c30-21-11-12-23-20(14-21)10-13-25-24(23)15-26(29-25)27-16-18-6-8-19(9-7-18)17-28-33(31,32)22-4-2-1-3-5-22;/h1-5,11-12,14,18-19,24-25,28,30H,6-10,13,15-17H2,(H,27,29);1H/t18-,19-,24-,25+;/m0./s1. The van der Waals surface area contributed by atoms with Crippen LogP contribution in [0.3, 0.4) is 0 Å². The van der Waals surface area contributed by atoms with Crippen molar-refractivity contribution in [3.8, 4) is 5.75 Å². The molecule has 0 bridgehead atoms. The lowest BCUT2D eigenvalue weighted by Crippen LogP contribution is -2.34. The zero-order valence-electron chi connectivity index (χ0n) is 19.3. The summed E-state index contributed by atoms with van der Waals surface area (Å²) >= 11 is 0. The molecule has 8 heteroatoms. The average Bonchev–Trinajstić information content (AvgIpc) is 3.26. The predicted molar refractivity (Wildman–Crippen MR) is 137 cm³/mol. The molecule has 3 aliphatic rings. The highest BCUT2D eigenvalue weighted by atomic mass is 35.5. The summed E-state index contributed by atoms with van der Waals surface area (Å²) in [5, 5.41) is 13.4. The minimum Gasteiger partial charge on any atom is -0.508 e. The molecular weight excluding hydrogens is 470 g/mol. The zero-order chi connectivity index (χ0) is 22.8. The molecule has 0 spiro atoms. The number of sulfonamides is 1. The molecule has 1 aliphatic heterocycles. The normalized spacial score (nSPS) is 26.1.